The second kappa shape index (κ2) is 2.97. The fourth-order valence-corrected chi connectivity index (χ4v) is 1.54. The van der Waals surface area contributed by atoms with Crippen molar-refractivity contribution in [2.75, 3.05) is 0 Å². The summed E-state index contributed by atoms with van der Waals surface area (Å²) in [7, 11) is 0. The fraction of sp³-hybridized carbons (Fsp3) is 0. The average molecular weight is 214 g/mol. The summed E-state index contributed by atoms with van der Waals surface area (Å²) in [6.07, 6.45) is 0. The van der Waals surface area contributed by atoms with Crippen molar-refractivity contribution in [2.24, 2.45) is 0 Å². The van der Waals surface area contributed by atoms with Crippen LogP contribution in [0.4, 0.5) is 0 Å². The molecule has 2 aromatic rings. The molecule has 0 atom stereocenters. The van der Waals surface area contributed by atoms with E-state index in [1.807, 2.05) is 0 Å². The lowest BCUT2D eigenvalue weighted by atomic mass is 10.2. The van der Waals surface area contributed by atoms with Crippen LogP contribution in [0.5, 0.6) is 0 Å². The van der Waals surface area contributed by atoms with E-state index in [1.54, 1.807) is 18.2 Å². The highest BCUT2D eigenvalue weighted by molar-refractivity contribution is 7.71. The average Bonchev–Trinajstić information content (AvgIpc) is 2.02. The minimum Gasteiger partial charge on any atom is -0.395 e. The molecule has 0 saturated heterocycles. The summed E-state index contributed by atoms with van der Waals surface area (Å²) < 4.78 is 4.69. The van der Waals surface area contributed by atoms with Crippen LogP contribution >= 0.6 is 23.8 Å². The van der Waals surface area contributed by atoms with Crippen molar-refractivity contribution in [1.29, 1.82) is 0 Å². The summed E-state index contributed by atoms with van der Waals surface area (Å²) in [6.45, 7) is 0. The Morgan fingerprint density at radius 3 is 3.00 bits per heavy atom. The second-order valence-corrected chi connectivity index (χ2v) is 3.24. The number of hydrogen-bond acceptors (Lipinski definition) is 3. The summed E-state index contributed by atoms with van der Waals surface area (Å²) in [6, 6.07) is 5.07. The summed E-state index contributed by atoms with van der Waals surface area (Å²) in [4.78, 5) is 14.1. The van der Waals surface area contributed by atoms with Gasteiger partial charge in [0, 0.05) is 0 Å². The number of hydrogen-bond donors (Lipinski definition) is 1. The van der Waals surface area contributed by atoms with Gasteiger partial charge in [0.2, 0.25) is 0 Å². The van der Waals surface area contributed by atoms with Crippen molar-refractivity contribution in [3.8, 4) is 0 Å². The Morgan fingerprint density at radius 1 is 1.46 bits per heavy atom. The molecule has 1 aromatic carbocycles. The first-order valence-corrected chi connectivity index (χ1v) is 4.29. The molecule has 1 N–H and O–H groups in total. The molecule has 13 heavy (non-hydrogen) atoms. The maximum Gasteiger partial charge on any atom is 0.349 e. The number of rotatable bonds is 0. The summed E-state index contributed by atoms with van der Waals surface area (Å²) in [5.41, 5.74) is 0.0816. The molecule has 0 aliphatic carbocycles. The predicted molar refractivity (Wildman–Crippen MR) is 52.7 cm³/mol. The van der Waals surface area contributed by atoms with Crippen molar-refractivity contribution in [3.63, 3.8) is 0 Å². The molecule has 0 fully saturated rings. The van der Waals surface area contributed by atoms with Gasteiger partial charge < -0.3 is 9.40 Å². The number of fused-ring (bicyclic) bond motifs is 1. The van der Waals surface area contributed by atoms with Gasteiger partial charge in [0.25, 0.3) is 4.84 Å². The van der Waals surface area contributed by atoms with E-state index in [9.17, 15) is 4.79 Å². The van der Waals surface area contributed by atoms with Crippen LogP contribution in [0.3, 0.4) is 0 Å². The van der Waals surface area contributed by atoms with Crippen LogP contribution in [-0.4, -0.2) is 4.98 Å². The minimum absolute atomic E-state index is 0.0553. The Labute approximate surface area is 83.0 Å². The van der Waals surface area contributed by atoms with Gasteiger partial charge in [0.15, 0.2) is 0 Å². The maximum atomic E-state index is 11.3. The molecule has 1 aromatic heterocycles. The Hall–Kier alpha value is -1.13. The van der Waals surface area contributed by atoms with E-state index in [0.717, 1.165) is 0 Å². The highest BCUT2D eigenvalue weighted by atomic mass is 35.5. The van der Waals surface area contributed by atoms with E-state index in [-0.39, 0.29) is 4.84 Å². The lowest BCUT2D eigenvalue weighted by Crippen LogP contribution is -2.01. The summed E-state index contributed by atoms with van der Waals surface area (Å²) >= 11 is 10.5. The number of nitrogens with one attached hydrogen (secondary N) is 1. The zero-order valence-electron chi connectivity index (χ0n) is 6.33. The van der Waals surface area contributed by atoms with Crippen molar-refractivity contribution >= 4 is 34.7 Å². The first-order valence-electron chi connectivity index (χ1n) is 3.50. The van der Waals surface area contributed by atoms with Crippen molar-refractivity contribution in [3.05, 3.63) is 38.5 Å². The van der Waals surface area contributed by atoms with Crippen LogP contribution in [0.2, 0.25) is 5.02 Å². The van der Waals surface area contributed by atoms with Crippen LogP contribution < -0.4 is 5.63 Å². The molecule has 0 aliphatic rings. The highest BCUT2D eigenvalue weighted by Crippen LogP contribution is 2.17. The number of halogens is 1. The van der Waals surface area contributed by atoms with Gasteiger partial charge in [0.1, 0.15) is 5.39 Å². The van der Waals surface area contributed by atoms with E-state index >= 15 is 0 Å². The Bertz CT molecular complexity index is 572. The van der Waals surface area contributed by atoms with Crippen molar-refractivity contribution in [2.45, 2.75) is 0 Å². The summed E-state index contributed by atoms with van der Waals surface area (Å²) in [5, 5.41) is 0.690. The van der Waals surface area contributed by atoms with Crippen LogP contribution in [0.1, 0.15) is 0 Å². The third-order valence-electron chi connectivity index (χ3n) is 1.64. The molecule has 2 rings (SSSR count). The zero-order chi connectivity index (χ0) is 9.42. The Balaban J connectivity index is 3.12. The molecule has 5 heteroatoms. The van der Waals surface area contributed by atoms with E-state index in [1.165, 1.54) is 0 Å². The van der Waals surface area contributed by atoms with Crippen molar-refractivity contribution in [1.82, 2.24) is 4.98 Å². The lowest BCUT2D eigenvalue weighted by molar-refractivity contribution is 0.484. The lowest BCUT2D eigenvalue weighted by Gasteiger charge is -1.96. The monoisotopic (exact) mass is 213 g/mol. The Kier molecular flexibility index (Phi) is 1.94. The normalized spacial score (nSPS) is 10.5. The molecule has 0 unspecified atom stereocenters. The zero-order valence-corrected chi connectivity index (χ0v) is 7.91. The largest absolute Gasteiger partial charge is 0.395 e. The van der Waals surface area contributed by atoms with Crippen LogP contribution in [0, 0.1) is 4.84 Å². The van der Waals surface area contributed by atoms with Gasteiger partial charge in [-0.1, -0.05) is 17.7 Å². The number of H-pyrrole nitrogens is 1. The molecule has 1 heterocycles. The van der Waals surface area contributed by atoms with Crippen molar-refractivity contribution < 1.29 is 4.42 Å². The Morgan fingerprint density at radius 2 is 2.23 bits per heavy atom. The maximum absolute atomic E-state index is 11.3. The third-order valence-corrected chi connectivity index (χ3v) is 2.14. The van der Waals surface area contributed by atoms with Gasteiger partial charge in [-0.05, 0) is 24.4 Å². The van der Waals surface area contributed by atoms with Crippen LogP contribution in [0.25, 0.3) is 10.9 Å². The smallest absolute Gasteiger partial charge is 0.349 e. The van der Waals surface area contributed by atoms with E-state index in [4.69, 9.17) is 28.2 Å². The molecule has 3 nitrogen and oxygen atoms in total. The van der Waals surface area contributed by atoms with Crippen LogP contribution in [-0.2, 0) is 0 Å². The molecule has 0 bridgehead atoms. The first kappa shape index (κ1) is 8.47. The predicted octanol–water partition coefficient (Wildman–Crippen LogP) is 2.50. The fourth-order valence-electron chi connectivity index (χ4n) is 1.11. The standard InChI is InChI=1S/C8H4ClNO2S/c9-4-2-1-3-5-6(4)7(11)12-8(13)10-5/h1-3H,(H,10,13). The van der Waals surface area contributed by atoms with Gasteiger partial charge in [0.05, 0.1) is 10.5 Å². The molecular formula is C8H4ClNO2S. The van der Waals surface area contributed by atoms with E-state index in [0.29, 0.717) is 15.9 Å². The highest BCUT2D eigenvalue weighted by Gasteiger charge is 2.04. The van der Waals surface area contributed by atoms with E-state index in [2.05, 4.69) is 4.98 Å². The molecule has 0 saturated carbocycles. The van der Waals surface area contributed by atoms with Gasteiger partial charge in [-0.2, -0.15) is 0 Å². The third kappa shape index (κ3) is 1.38. The quantitative estimate of drug-likeness (QED) is 0.684. The molecule has 66 valence electrons. The molecule has 0 radical (unpaired) electrons. The molecule has 0 amide bonds. The number of aromatic nitrogens is 1. The van der Waals surface area contributed by atoms with Gasteiger partial charge in [-0.25, -0.2) is 4.79 Å². The summed E-state index contributed by atoms with van der Waals surface area (Å²) in [5.74, 6) is 0. The first-order chi connectivity index (χ1) is 6.18. The molecule has 0 spiro atoms. The topological polar surface area (TPSA) is 46.0 Å². The minimum atomic E-state index is -0.510. The number of aromatic amines is 1. The SMILES string of the molecule is O=c1oc(=S)[nH]c2cccc(Cl)c12. The van der Waals surface area contributed by atoms with Gasteiger partial charge in [-0.3, -0.25) is 0 Å². The van der Waals surface area contributed by atoms with Gasteiger partial charge in [-0.15, -0.1) is 0 Å². The van der Waals surface area contributed by atoms with Gasteiger partial charge >= 0.3 is 5.63 Å². The number of benzene rings is 1. The second-order valence-electron chi connectivity index (χ2n) is 2.46. The van der Waals surface area contributed by atoms with E-state index < -0.39 is 5.63 Å². The molecular weight excluding hydrogens is 210 g/mol. The van der Waals surface area contributed by atoms with Crippen LogP contribution in [0.15, 0.2) is 27.4 Å². The molecule has 0 aliphatic heterocycles.